The van der Waals surface area contributed by atoms with Crippen molar-refractivity contribution in [3.63, 3.8) is 0 Å². The van der Waals surface area contributed by atoms with Crippen molar-refractivity contribution in [3.8, 4) is 5.75 Å². The van der Waals surface area contributed by atoms with Gasteiger partial charge in [0.2, 0.25) is 5.91 Å². The number of anilines is 1. The molecule has 32 heavy (non-hydrogen) atoms. The van der Waals surface area contributed by atoms with Crippen LogP contribution in [0, 0.1) is 0 Å². The summed E-state index contributed by atoms with van der Waals surface area (Å²) in [6.45, 7) is 7.62. The second-order valence-corrected chi connectivity index (χ2v) is 9.20. The second kappa shape index (κ2) is 10.9. The fraction of sp³-hybridized carbons (Fsp3) is 0.455. The molecule has 1 saturated heterocycles. The quantitative estimate of drug-likeness (QED) is 0.372. The molecule has 0 radical (unpaired) electrons. The van der Waals surface area contributed by atoms with Crippen molar-refractivity contribution < 1.29 is 14.3 Å². The first-order chi connectivity index (χ1) is 15.3. The van der Waals surface area contributed by atoms with E-state index in [2.05, 4.69) is 20.2 Å². The van der Waals surface area contributed by atoms with Crippen LogP contribution in [0.1, 0.15) is 31.1 Å². The molecule has 172 valence electrons. The molecule has 2 heterocycles. The monoisotopic (exact) mass is 477 g/mol. The van der Waals surface area contributed by atoms with Gasteiger partial charge in [-0.25, -0.2) is 9.97 Å². The highest BCUT2D eigenvalue weighted by Crippen LogP contribution is 2.25. The van der Waals surface area contributed by atoms with E-state index >= 15 is 0 Å². The van der Waals surface area contributed by atoms with Crippen LogP contribution in [0.2, 0.25) is 5.15 Å². The molecule has 1 unspecified atom stereocenters. The van der Waals surface area contributed by atoms with Crippen molar-refractivity contribution in [1.29, 1.82) is 0 Å². The van der Waals surface area contributed by atoms with Crippen molar-refractivity contribution in [2.75, 3.05) is 37.4 Å². The summed E-state index contributed by atoms with van der Waals surface area (Å²) >= 11 is 7.47. The number of hydrogen-bond acceptors (Lipinski definition) is 7. The number of ether oxygens (including phenoxy) is 1. The van der Waals surface area contributed by atoms with Gasteiger partial charge in [-0.1, -0.05) is 29.4 Å². The Kier molecular flexibility index (Phi) is 8.20. The van der Waals surface area contributed by atoms with E-state index in [1.807, 2.05) is 37.8 Å². The Hall–Kier alpha value is -2.52. The molecule has 10 heteroatoms. The van der Waals surface area contributed by atoms with E-state index < -0.39 is 0 Å². The van der Waals surface area contributed by atoms with Gasteiger partial charge in [-0.2, -0.15) is 0 Å². The molecule has 8 nitrogen and oxygen atoms in total. The van der Waals surface area contributed by atoms with Crippen molar-refractivity contribution in [2.24, 2.45) is 0 Å². The number of nitrogens with zero attached hydrogens (tertiary/aromatic N) is 4. The summed E-state index contributed by atoms with van der Waals surface area (Å²) in [6.07, 6.45) is 0. The van der Waals surface area contributed by atoms with E-state index in [0.717, 1.165) is 0 Å². The summed E-state index contributed by atoms with van der Waals surface area (Å²) < 4.78 is 5.24. The van der Waals surface area contributed by atoms with Gasteiger partial charge in [-0.15, -0.1) is 0 Å². The second-order valence-electron chi connectivity index (χ2n) is 7.87. The molecular weight excluding hydrogens is 450 g/mol. The summed E-state index contributed by atoms with van der Waals surface area (Å²) in [6, 6.07) is 8.96. The number of carbonyl (C=O) groups is 2. The molecule has 1 N–H and O–H groups in total. The summed E-state index contributed by atoms with van der Waals surface area (Å²) in [5.41, 5.74) is 0.605. The van der Waals surface area contributed by atoms with Gasteiger partial charge < -0.3 is 19.9 Å². The van der Waals surface area contributed by atoms with E-state index in [4.69, 9.17) is 16.3 Å². The fourth-order valence-electron chi connectivity index (χ4n) is 3.50. The Bertz CT molecular complexity index is 974. The van der Waals surface area contributed by atoms with Crippen LogP contribution in [0.5, 0.6) is 5.75 Å². The third-order valence-corrected chi connectivity index (χ3v) is 6.01. The molecule has 3 rings (SSSR count). The predicted octanol–water partition coefficient (Wildman–Crippen LogP) is 3.11. The highest BCUT2D eigenvalue weighted by atomic mass is 35.5. The number of aromatic nitrogens is 2. The van der Waals surface area contributed by atoms with Crippen LogP contribution in [0.15, 0.2) is 35.5 Å². The van der Waals surface area contributed by atoms with Crippen molar-refractivity contribution in [3.05, 3.63) is 41.0 Å². The zero-order valence-electron chi connectivity index (χ0n) is 18.7. The Labute approximate surface area is 197 Å². The van der Waals surface area contributed by atoms with E-state index in [9.17, 15) is 9.59 Å². The number of piperazine rings is 1. The Morgan fingerprint density at radius 2 is 2.06 bits per heavy atom. The summed E-state index contributed by atoms with van der Waals surface area (Å²) in [4.78, 5) is 37.7. The zero-order valence-corrected chi connectivity index (χ0v) is 20.2. The maximum absolute atomic E-state index is 13.0. The van der Waals surface area contributed by atoms with Gasteiger partial charge in [0, 0.05) is 43.3 Å². The lowest BCUT2D eigenvalue weighted by molar-refractivity contribution is -0.119. The number of benzene rings is 1. The van der Waals surface area contributed by atoms with E-state index in [-0.39, 0.29) is 29.7 Å². The first kappa shape index (κ1) is 24.1. The molecule has 1 aromatic heterocycles. The zero-order chi connectivity index (χ0) is 23.3. The molecular formula is C22H28ClN5O3S. The van der Waals surface area contributed by atoms with Crippen LogP contribution in [0.3, 0.4) is 0 Å². The minimum absolute atomic E-state index is 0.0239. The van der Waals surface area contributed by atoms with Gasteiger partial charge in [-0.3, -0.25) is 9.59 Å². The van der Waals surface area contributed by atoms with Crippen molar-refractivity contribution >= 4 is 41.0 Å². The Morgan fingerprint density at radius 1 is 1.28 bits per heavy atom. The number of carbonyl (C=O) groups excluding carboxylic acids is 2. The van der Waals surface area contributed by atoms with Gasteiger partial charge in [0.05, 0.1) is 12.9 Å². The largest absolute Gasteiger partial charge is 0.497 e. The summed E-state index contributed by atoms with van der Waals surface area (Å²) in [5.74, 6) is 1.47. The predicted molar refractivity (Wildman–Crippen MR) is 127 cm³/mol. The van der Waals surface area contributed by atoms with E-state index in [0.29, 0.717) is 47.1 Å². The Morgan fingerprint density at radius 3 is 2.75 bits per heavy atom. The lowest BCUT2D eigenvalue weighted by atomic mass is 10.1. The maximum atomic E-state index is 13.0. The summed E-state index contributed by atoms with van der Waals surface area (Å²) in [5, 5.41) is 3.62. The Balaban J connectivity index is 1.66. The van der Waals surface area contributed by atoms with Gasteiger partial charge in [0.25, 0.3) is 5.91 Å². The molecule has 2 aromatic rings. The van der Waals surface area contributed by atoms with Gasteiger partial charge in [0.1, 0.15) is 16.7 Å². The number of hydrogen-bond donors (Lipinski definition) is 1. The molecule has 2 amide bonds. The number of thioether (sulfide) groups is 1. The van der Waals surface area contributed by atoms with Crippen LogP contribution >= 0.6 is 23.4 Å². The number of rotatable bonds is 7. The first-order valence-corrected chi connectivity index (χ1v) is 11.8. The topological polar surface area (TPSA) is 87.7 Å². The molecule has 1 atom stereocenters. The van der Waals surface area contributed by atoms with Crippen molar-refractivity contribution in [2.45, 2.75) is 38.0 Å². The molecule has 0 spiro atoms. The van der Waals surface area contributed by atoms with Gasteiger partial charge in [0.15, 0.2) is 5.16 Å². The van der Waals surface area contributed by atoms with E-state index in [1.54, 1.807) is 25.3 Å². The third kappa shape index (κ3) is 6.26. The van der Waals surface area contributed by atoms with Crippen LogP contribution in [0.25, 0.3) is 0 Å². The number of methoxy groups -OCH3 is 1. The third-order valence-electron chi connectivity index (χ3n) is 4.97. The van der Waals surface area contributed by atoms with Crippen LogP contribution in [-0.4, -0.2) is 71.3 Å². The molecule has 1 aromatic carbocycles. The van der Waals surface area contributed by atoms with E-state index in [1.165, 1.54) is 11.8 Å². The average Bonchev–Trinajstić information content (AvgIpc) is 2.76. The van der Waals surface area contributed by atoms with Gasteiger partial charge >= 0.3 is 0 Å². The standard InChI is InChI=1S/C22H28ClN5O3S/c1-14(2)24-20(29)13-32-22-25-18(23)11-19(26-22)27-8-9-28(15(3)12-27)21(30)16-6-5-7-17(10-16)31-4/h5-7,10-11,14-15H,8-9,12-13H2,1-4H3,(H,24,29). The van der Waals surface area contributed by atoms with Gasteiger partial charge in [-0.05, 0) is 39.0 Å². The molecule has 1 aliphatic heterocycles. The van der Waals surface area contributed by atoms with Crippen LogP contribution in [0.4, 0.5) is 5.82 Å². The highest BCUT2D eigenvalue weighted by molar-refractivity contribution is 7.99. The molecule has 0 bridgehead atoms. The normalized spacial score (nSPS) is 16.2. The van der Waals surface area contributed by atoms with Crippen molar-refractivity contribution in [1.82, 2.24) is 20.2 Å². The molecule has 0 aliphatic carbocycles. The smallest absolute Gasteiger partial charge is 0.254 e. The van der Waals surface area contributed by atoms with Crippen LogP contribution in [-0.2, 0) is 4.79 Å². The number of nitrogens with one attached hydrogen (secondary N) is 1. The highest BCUT2D eigenvalue weighted by Gasteiger charge is 2.29. The number of halogens is 1. The summed E-state index contributed by atoms with van der Waals surface area (Å²) in [7, 11) is 1.58. The maximum Gasteiger partial charge on any atom is 0.254 e. The molecule has 1 aliphatic rings. The SMILES string of the molecule is COc1cccc(C(=O)N2CCN(c3cc(Cl)nc(SCC(=O)NC(C)C)n3)CC2C)c1. The minimum atomic E-state index is -0.0755. The minimum Gasteiger partial charge on any atom is -0.497 e. The number of amides is 2. The molecule has 1 fully saturated rings. The first-order valence-electron chi connectivity index (χ1n) is 10.4. The fourth-order valence-corrected chi connectivity index (χ4v) is 4.39. The molecule has 0 saturated carbocycles. The van der Waals surface area contributed by atoms with Crippen LogP contribution < -0.4 is 15.0 Å². The lowest BCUT2D eigenvalue weighted by Gasteiger charge is -2.40. The average molecular weight is 478 g/mol. The lowest BCUT2D eigenvalue weighted by Crippen LogP contribution is -2.54.